The lowest BCUT2D eigenvalue weighted by atomic mass is 10.0. The van der Waals surface area contributed by atoms with E-state index in [1.54, 1.807) is 25.6 Å². The Morgan fingerprint density at radius 1 is 1.10 bits per heavy atom. The molecule has 110 valence electrons. The first-order chi connectivity index (χ1) is 10.3. The molecule has 4 nitrogen and oxygen atoms in total. The van der Waals surface area contributed by atoms with Crippen molar-refractivity contribution in [3.63, 3.8) is 0 Å². The van der Waals surface area contributed by atoms with Gasteiger partial charge in [-0.15, -0.1) is 0 Å². The molecule has 0 bridgehead atoms. The molecule has 1 heterocycles. The van der Waals surface area contributed by atoms with Crippen molar-refractivity contribution >= 4 is 5.78 Å². The summed E-state index contributed by atoms with van der Waals surface area (Å²) in [5.74, 6) is 0.703. The molecule has 2 rings (SSSR count). The van der Waals surface area contributed by atoms with Crippen molar-refractivity contribution in [2.45, 2.75) is 12.8 Å². The van der Waals surface area contributed by atoms with E-state index in [2.05, 4.69) is 4.98 Å². The van der Waals surface area contributed by atoms with Crippen LogP contribution in [0.2, 0.25) is 0 Å². The molecule has 0 spiro atoms. The standard InChI is InChI=1S/C17H19NO3/c1-20-12-13-21-17-5-3-2-4-15(17)16(19)7-6-14-8-10-18-11-9-14/h2-5,8-11H,6-7,12-13H2,1H3. The molecule has 0 amide bonds. The Balaban J connectivity index is 1.98. The van der Waals surface area contributed by atoms with Crippen LogP contribution < -0.4 is 4.74 Å². The number of carbonyl (C=O) groups excluding carboxylic acids is 1. The Kier molecular flexibility index (Phi) is 5.91. The largest absolute Gasteiger partial charge is 0.490 e. The minimum Gasteiger partial charge on any atom is -0.490 e. The number of ether oxygens (including phenoxy) is 2. The van der Waals surface area contributed by atoms with Gasteiger partial charge in [-0.25, -0.2) is 0 Å². The summed E-state index contributed by atoms with van der Waals surface area (Å²) in [4.78, 5) is 16.3. The Labute approximate surface area is 124 Å². The summed E-state index contributed by atoms with van der Waals surface area (Å²) in [6.45, 7) is 0.935. The average molecular weight is 285 g/mol. The van der Waals surface area contributed by atoms with Gasteiger partial charge in [0.25, 0.3) is 0 Å². The zero-order chi connectivity index (χ0) is 14.9. The quantitative estimate of drug-likeness (QED) is 0.552. The number of para-hydroxylation sites is 1. The maximum absolute atomic E-state index is 12.3. The van der Waals surface area contributed by atoms with E-state index in [9.17, 15) is 4.79 Å². The SMILES string of the molecule is COCCOc1ccccc1C(=O)CCc1ccncc1. The Bertz CT molecular complexity index is 569. The smallest absolute Gasteiger partial charge is 0.166 e. The molecule has 2 aromatic rings. The summed E-state index contributed by atoms with van der Waals surface area (Å²) in [5, 5.41) is 0. The van der Waals surface area contributed by atoms with E-state index in [1.807, 2.05) is 30.3 Å². The van der Waals surface area contributed by atoms with E-state index in [0.29, 0.717) is 37.4 Å². The molecule has 21 heavy (non-hydrogen) atoms. The summed E-state index contributed by atoms with van der Waals surface area (Å²) >= 11 is 0. The summed E-state index contributed by atoms with van der Waals surface area (Å²) in [6, 6.07) is 11.2. The zero-order valence-corrected chi connectivity index (χ0v) is 12.1. The van der Waals surface area contributed by atoms with E-state index in [-0.39, 0.29) is 5.78 Å². The Hall–Kier alpha value is -2.20. The fraction of sp³-hybridized carbons (Fsp3) is 0.294. The van der Waals surface area contributed by atoms with Gasteiger partial charge in [0, 0.05) is 25.9 Å². The lowest BCUT2D eigenvalue weighted by Crippen LogP contribution is -2.09. The molecule has 0 saturated heterocycles. The lowest BCUT2D eigenvalue weighted by Gasteiger charge is -2.10. The Morgan fingerprint density at radius 2 is 1.86 bits per heavy atom. The number of pyridine rings is 1. The first kappa shape index (κ1) is 15.2. The van der Waals surface area contributed by atoms with Gasteiger partial charge in [-0.1, -0.05) is 12.1 Å². The number of benzene rings is 1. The Morgan fingerprint density at radius 3 is 2.62 bits per heavy atom. The predicted octanol–water partition coefficient (Wildman–Crippen LogP) is 2.92. The van der Waals surface area contributed by atoms with Crippen molar-refractivity contribution in [3.8, 4) is 5.75 Å². The highest BCUT2D eigenvalue weighted by Crippen LogP contribution is 2.20. The molecule has 0 aliphatic heterocycles. The van der Waals surface area contributed by atoms with Crippen LogP contribution in [0.5, 0.6) is 5.75 Å². The van der Waals surface area contributed by atoms with E-state index in [0.717, 1.165) is 5.56 Å². The molecule has 0 radical (unpaired) electrons. The maximum atomic E-state index is 12.3. The second kappa shape index (κ2) is 8.17. The number of rotatable bonds is 8. The fourth-order valence-electron chi connectivity index (χ4n) is 2.00. The molecule has 0 aliphatic rings. The molecule has 1 aromatic carbocycles. The van der Waals surface area contributed by atoms with Crippen molar-refractivity contribution in [2.24, 2.45) is 0 Å². The zero-order valence-electron chi connectivity index (χ0n) is 12.1. The number of Topliss-reactive ketones (excluding diaryl/α,β-unsaturated/α-hetero) is 1. The van der Waals surface area contributed by atoms with E-state index in [4.69, 9.17) is 9.47 Å². The van der Waals surface area contributed by atoms with Gasteiger partial charge < -0.3 is 9.47 Å². The highest BCUT2D eigenvalue weighted by molar-refractivity contribution is 5.98. The van der Waals surface area contributed by atoms with Crippen molar-refractivity contribution in [1.29, 1.82) is 0 Å². The van der Waals surface area contributed by atoms with Crippen LogP contribution in [0.25, 0.3) is 0 Å². The second-order valence-corrected chi connectivity index (χ2v) is 4.62. The van der Waals surface area contributed by atoms with E-state index < -0.39 is 0 Å². The van der Waals surface area contributed by atoms with Crippen LogP contribution in [-0.4, -0.2) is 31.1 Å². The van der Waals surface area contributed by atoms with Gasteiger partial charge in [-0.2, -0.15) is 0 Å². The summed E-state index contributed by atoms with van der Waals surface area (Å²) in [7, 11) is 1.62. The molecule has 1 aromatic heterocycles. The number of aryl methyl sites for hydroxylation is 1. The van der Waals surface area contributed by atoms with Crippen LogP contribution in [-0.2, 0) is 11.2 Å². The van der Waals surface area contributed by atoms with Crippen molar-refractivity contribution in [1.82, 2.24) is 4.98 Å². The second-order valence-electron chi connectivity index (χ2n) is 4.62. The van der Waals surface area contributed by atoms with E-state index in [1.165, 1.54) is 0 Å². The number of nitrogens with zero attached hydrogens (tertiary/aromatic N) is 1. The fourth-order valence-corrected chi connectivity index (χ4v) is 2.00. The number of methoxy groups -OCH3 is 1. The van der Waals surface area contributed by atoms with Gasteiger partial charge in [-0.05, 0) is 36.2 Å². The van der Waals surface area contributed by atoms with Gasteiger partial charge in [-0.3, -0.25) is 9.78 Å². The van der Waals surface area contributed by atoms with Gasteiger partial charge in [0.05, 0.1) is 12.2 Å². The van der Waals surface area contributed by atoms with Crippen molar-refractivity contribution in [3.05, 3.63) is 59.9 Å². The van der Waals surface area contributed by atoms with Gasteiger partial charge in [0.2, 0.25) is 0 Å². The average Bonchev–Trinajstić information content (AvgIpc) is 2.54. The van der Waals surface area contributed by atoms with Crippen LogP contribution in [0, 0.1) is 0 Å². The summed E-state index contributed by atoms with van der Waals surface area (Å²) < 4.78 is 10.5. The van der Waals surface area contributed by atoms with Crippen molar-refractivity contribution in [2.75, 3.05) is 20.3 Å². The van der Waals surface area contributed by atoms with Gasteiger partial charge >= 0.3 is 0 Å². The van der Waals surface area contributed by atoms with Gasteiger partial charge in [0.1, 0.15) is 12.4 Å². The first-order valence-corrected chi connectivity index (χ1v) is 6.94. The topological polar surface area (TPSA) is 48.4 Å². The molecule has 4 heteroatoms. The summed E-state index contributed by atoms with van der Waals surface area (Å²) in [6.07, 6.45) is 4.63. The maximum Gasteiger partial charge on any atom is 0.166 e. The highest BCUT2D eigenvalue weighted by atomic mass is 16.5. The third-order valence-corrected chi connectivity index (χ3v) is 3.12. The molecule has 0 saturated carbocycles. The predicted molar refractivity (Wildman–Crippen MR) is 80.7 cm³/mol. The van der Waals surface area contributed by atoms with Crippen LogP contribution in [0.4, 0.5) is 0 Å². The van der Waals surface area contributed by atoms with Crippen LogP contribution >= 0.6 is 0 Å². The first-order valence-electron chi connectivity index (χ1n) is 6.94. The van der Waals surface area contributed by atoms with Crippen LogP contribution in [0.15, 0.2) is 48.8 Å². The molecule has 0 aliphatic carbocycles. The third-order valence-electron chi connectivity index (χ3n) is 3.12. The number of hydrogen-bond donors (Lipinski definition) is 0. The lowest BCUT2D eigenvalue weighted by molar-refractivity contribution is 0.0975. The monoisotopic (exact) mass is 285 g/mol. The van der Waals surface area contributed by atoms with Crippen molar-refractivity contribution < 1.29 is 14.3 Å². The summed E-state index contributed by atoms with van der Waals surface area (Å²) in [5.41, 5.74) is 1.73. The molecular weight excluding hydrogens is 266 g/mol. The third kappa shape index (κ3) is 4.68. The van der Waals surface area contributed by atoms with Crippen LogP contribution in [0.1, 0.15) is 22.3 Å². The minimum absolute atomic E-state index is 0.0832. The highest BCUT2D eigenvalue weighted by Gasteiger charge is 2.12. The molecule has 0 atom stereocenters. The number of hydrogen-bond acceptors (Lipinski definition) is 4. The number of carbonyl (C=O) groups is 1. The van der Waals surface area contributed by atoms with Gasteiger partial charge in [0.15, 0.2) is 5.78 Å². The molecular formula is C17H19NO3. The normalized spacial score (nSPS) is 10.3. The molecule has 0 N–H and O–H groups in total. The van der Waals surface area contributed by atoms with E-state index >= 15 is 0 Å². The minimum atomic E-state index is 0.0832. The molecule has 0 unspecified atom stereocenters. The number of ketones is 1. The number of aromatic nitrogens is 1. The molecule has 0 fully saturated rings. The van der Waals surface area contributed by atoms with Crippen LogP contribution in [0.3, 0.4) is 0 Å².